The second-order valence-corrected chi connectivity index (χ2v) is 5.79. The van der Waals surface area contributed by atoms with Gasteiger partial charge in [0.15, 0.2) is 5.13 Å². The van der Waals surface area contributed by atoms with Gasteiger partial charge in [-0.3, -0.25) is 10.1 Å². The Balaban J connectivity index is 1.67. The number of aromatic nitrogens is 2. The van der Waals surface area contributed by atoms with E-state index in [9.17, 15) is 4.79 Å². The SMILES string of the molecule is O=C(Nc1nccs1)c1cccn1CC1CCOCC1. The predicted molar refractivity (Wildman–Crippen MR) is 78.0 cm³/mol. The Bertz CT molecular complexity index is 559. The lowest BCUT2D eigenvalue weighted by molar-refractivity contribution is 0.0610. The molecule has 0 unspecified atom stereocenters. The first kappa shape index (κ1) is 13.3. The number of amides is 1. The van der Waals surface area contributed by atoms with Crippen molar-refractivity contribution in [3.8, 4) is 0 Å². The summed E-state index contributed by atoms with van der Waals surface area (Å²) < 4.78 is 7.40. The Morgan fingerprint density at radius 3 is 3.10 bits per heavy atom. The number of hydrogen-bond acceptors (Lipinski definition) is 4. The van der Waals surface area contributed by atoms with E-state index < -0.39 is 0 Å². The van der Waals surface area contributed by atoms with Gasteiger partial charge in [0.25, 0.3) is 5.91 Å². The number of rotatable bonds is 4. The van der Waals surface area contributed by atoms with Crippen LogP contribution >= 0.6 is 11.3 Å². The van der Waals surface area contributed by atoms with Gasteiger partial charge in [-0.25, -0.2) is 4.98 Å². The van der Waals surface area contributed by atoms with Crippen LogP contribution in [0.2, 0.25) is 0 Å². The van der Waals surface area contributed by atoms with Gasteiger partial charge in [-0.1, -0.05) is 0 Å². The summed E-state index contributed by atoms with van der Waals surface area (Å²) in [5.74, 6) is 0.486. The molecule has 1 amide bonds. The Labute approximate surface area is 121 Å². The lowest BCUT2D eigenvalue weighted by Gasteiger charge is -2.23. The molecule has 0 atom stereocenters. The highest BCUT2D eigenvalue weighted by Crippen LogP contribution is 2.19. The third-order valence-corrected chi connectivity index (χ3v) is 4.20. The second kappa shape index (κ2) is 6.19. The van der Waals surface area contributed by atoms with Crippen molar-refractivity contribution in [2.75, 3.05) is 18.5 Å². The summed E-state index contributed by atoms with van der Waals surface area (Å²) in [4.78, 5) is 16.3. The van der Waals surface area contributed by atoms with E-state index in [4.69, 9.17) is 4.74 Å². The summed E-state index contributed by atoms with van der Waals surface area (Å²) in [6.07, 6.45) is 5.77. The molecule has 1 fully saturated rings. The van der Waals surface area contributed by atoms with E-state index >= 15 is 0 Å². The molecule has 1 aliphatic rings. The van der Waals surface area contributed by atoms with E-state index in [0.717, 1.165) is 32.6 Å². The number of nitrogens with zero attached hydrogens (tertiary/aromatic N) is 2. The van der Waals surface area contributed by atoms with E-state index in [1.165, 1.54) is 11.3 Å². The molecule has 1 saturated heterocycles. The second-order valence-electron chi connectivity index (χ2n) is 4.89. The molecular weight excluding hydrogens is 274 g/mol. The molecule has 3 rings (SSSR count). The summed E-state index contributed by atoms with van der Waals surface area (Å²) in [6.45, 7) is 2.52. The zero-order valence-electron chi connectivity index (χ0n) is 11.1. The van der Waals surface area contributed by atoms with Crippen LogP contribution in [0.1, 0.15) is 23.3 Å². The quantitative estimate of drug-likeness (QED) is 0.942. The van der Waals surface area contributed by atoms with Crippen molar-refractivity contribution in [1.82, 2.24) is 9.55 Å². The fraction of sp³-hybridized carbons (Fsp3) is 0.429. The molecule has 20 heavy (non-hydrogen) atoms. The number of ether oxygens (including phenoxy) is 1. The van der Waals surface area contributed by atoms with Crippen LogP contribution in [0.3, 0.4) is 0 Å². The minimum absolute atomic E-state index is 0.1000. The molecule has 0 bridgehead atoms. The first-order valence-electron chi connectivity index (χ1n) is 6.76. The minimum Gasteiger partial charge on any atom is -0.381 e. The molecule has 0 radical (unpaired) electrons. The maximum absolute atomic E-state index is 12.2. The molecule has 0 spiro atoms. The summed E-state index contributed by atoms with van der Waals surface area (Å²) in [5, 5.41) is 5.30. The topological polar surface area (TPSA) is 56.2 Å². The van der Waals surface area contributed by atoms with Crippen LogP contribution in [0.4, 0.5) is 5.13 Å². The molecule has 106 valence electrons. The van der Waals surface area contributed by atoms with Crippen LogP contribution in [0, 0.1) is 5.92 Å². The van der Waals surface area contributed by atoms with Crippen LogP contribution in [-0.2, 0) is 11.3 Å². The van der Waals surface area contributed by atoms with Crippen molar-refractivity contribution in [2.45, 2.75) is 19.4 Å². The average molecular weight is 291 g/mol. The van der Waals surface area contributed by atoms with Gasteiger partial charge >= 0.3 is 0 Å². The first-order valence-corrected chi connectivity index (χ1v) is 7.64. The van der Waals surface area contributed by atoms with Crippen molar-refractivity contribution < 1.29 is 9.53 Å². The molecule has 0 aliphatic carbocycles. The molecule has 2 aromatic heterocycles. The lowest BCUT2D eigenvalue weighted by Crippen LogP contribution is -2.23. The number of anilines is 1. The van der Waals surface area contributed by atoms with E-state index in [2.05, 4.69) is 10.3 Å². The molecule has 1 aliphatic heterocycles. The third-order valence-electron chi connectivity index (χ3n) is 3.51. The number of carbonyl (C=O) groups is 1. The van der Waals surface area contributed by atoms with E-state index in [1.807, 2.05) is 28.3 Å². The summed E-state index contributed by atoms with van der Waals surface area (Å²) in [7, 11) is 0. The number of hydrogen-bond donors (Lipinski definition) is 1. The molecule has 1 N–H and O–H groups in total. The van der Waals surface area contributed by atoms with Gasteiger partial charge in [-0.05, 0) is 30.9 Å². The highest BCUT2D eigenvalue weighted by atomic mass is 32.1. The van der Waals surface area contributed by atoms with Gasteiger partial charge in [0, 0.05) is 37.5 Å². The highest BCUT2D eigenvalue weighted by Gasteiger charge is 2.18. The Kier molecular flexibility index (Phi) is 4.13. The summed E-state index contributed by atoms with van der Waals surface area (Å²) in [6, 6.07) is 3.76. The Hall–Kier alpha value is -1.66. The van der Waals surface area contributed by atoms with Crippen molar-refractivity contribution in [1.29, 1.82) is 0 Å². The molecule has 2 aromatic rings. The Morgan fingerprint density at radius 1 is 1.50 bits per heavy atom. The van der Waals surface area contributed by atoms with Gasteiger partial charge < -0.3 is 9.30 Å². The maximum atomic E-state index is 12.2. The van der Waals surface area contributed by atoms with E-state index in [1.54, 1.807) is 6.20 Å². The molecule has 6 heteroatoms. The largest absolute Gasteiger partial charge is 0.381 e. The number of thiazole rings is 1. The standard InChI is InChI=1S/C14H17N3O2S/c18-13(16-14-15-5-9-20-14)12-2-1-6-17(12)10-11-3-7-19-8-4-11/h1-2,5-6,9,11H,3-4,7-8,10H2,(H,15,16,18). The third kappa shape index (κ3) is 3.08. The van der Waals surface area contributed by atoms with Gasteiger partial charge in [0.05, 0.1) is 0 Å². The van der Waals surface area contributed by atoms with Crippen molar-refractivity contribution in [3.05, 3.63) is 35.6 Å². The zero-order valence-corrected chi connectivity index (χ0v) is 11.9. The predicted octanol–water partition coefficient (Wildman–Crippen LogP) is 2.62. The maximum Gasteiger partial charge on any atom is 0.274 e. The van der Waals surface area contributed by atoms with Gasteiger partial charge in [0.2, 0.25) is 0 Å². The lowest BCUT2D eigenvalue weighted by atomic mass is 10.0. The summed E-state index contributed by atoms with van der Waals surface area (Å²) in [5.41, 5.74) is 0.687. The molecular formula is C14H17N3O2S. The van der Waals surface area contributed by atoms with Crippen LogP contribution in [0.5, 0.6) is 0 Å². The fourth-order valence-corrected chi connectivity index (χ4v) is 2.96. The van der Waals surface area contributed by atoms with Gasteiger partial charge in [0.1, 0.15) is 5.69 Å². The highest BCUT2D eigenvalue weighted by molar-refractivity contribution is 7.13. The van der Waals surface area contributed by atoms with Crippen molar-refractivity contribution in [3.63, 3.8) is 0 Å². The van der Waals surface area contributed by atoms with Crippen LogP contribution in [0.25, 0.3) is 0 Å². The smallest absolute Gasteiger partial charge is 0.274 e. The molecule has 0 aromatic carbocycles. The number of carbonyl (C=O) groups excluding carboxylic acids is 1. The van der Waals surface area contributed by atoms with Crippen LogP contribution in [0.15, 0.2) is 29.9 Å². The van der Waals surface area contributed by atoms with E-state index in [-0.39, 0.29) is 5.91 Å². The first-order chi connectivity index (χ1) is 9.83. The van der Waals surface area contributed by atoms with Gasteiger partial charge in [-0.2, -0.15) is 0 Å². The van der Waals surface area contributed by atoms with Crippen LogP contribution in [-0.4, -0.2) is 28.7 Å². The van der Waals surface area contributed by atoms with Crippen molar-refractivity contribution >= 4 is 22.4 Å². The summed E-state index contributed by atoms with van der Waals surface area (Å²) >= 11 is 1.42. The normalized spacial score (nSPS) is 16.2. The average Bonchev–Trinajstić information content (AvgIpc) is 3.11. The monoisotopic (exact) mass is 291 g/mol. The molecule has 0 saturated carbocycles. The van der Waals surface area contributed by atoms with E-state index in [0.29, 0.717) is 16.7 Å². The fourth-order valence-electron chi connectivity index (χ4n) is 2.43. The van der Waals surface area contributed by atoms with Crippen molar-refractivity contribution in [2.24, 2.45) is 5.92 Å². The van der Waals surface area contributed by atoms with Crippen LogP contribution < -0.4 is 5.32 Å². The minimum atomic E-state index is -0.1000. The molecule has 5 nitrogen and oxygen atoms in total. The molecule has 3 heterocycles. The number of nitrogens with one attached hydrogen (secondary N) is 1. The zero-order chi connectivity index (χ0) is 13.8. The Morgan fingerprint density at radius 2 is 2.35 bits per heavy atom. The van der Waals surface area contributed by atoms with Gasteiger partial charge in [-0.15, -0.1) is 11.3 Å².